The van der Waals surface area contributed by atoms with Crippen LogP contribution < -0.4 is 5.32 Å². The number of halogens is 3. The van der Waals surface area contributed by atoms with Crippen molar-refractivity contribution < 1.29 is 4.74 Å². The lowest BCUT2D eigenvalue weighted by Gasteiger charge is -2.12. The Bertz CT molecular complexity index is 333. The van der Waals surface area contributed by atoms with E-state index in [-0.39, 0.29) is 12.4 Å². The molecule has 1 aromatic carbocycles. The second-order valence-electron chi connectivity index (χ2n) is 3.97. The molecule has 17 heavy (non-hydrogen) atoms. The Kier molecular flexibility index (Phi) is 6.60. The lowest BCUT2D eigenvalue weighted by molar-refractivity contribution is 0.110. The van der Waals surface area contributed by atoms with E-state index < -0.39 is 0 Å². The number of ether oxygens (including phenoxy) is 1. The number of nitrogens with one attached hydrogen (secondary N) is 1. The molecule has 1 saturated heterocycles. The van der Waals surface area contributed by atoms with E-state index in [1.165, 1.54) is 6.42 Å². The summed E-state index contributed by atoms with van der Waals surface area (Å²) in [5.74, 6) is 0. The fourth-order valence-corrected chi connectivity index (χ4v) is 2.40. The van der Waals surface area contributed by atoms with Crippen LogP contribution in [-0.2, 0) is 11.3 Å². The van der Waals surface area contributed by atoms with Crippen molar-refractivity contribution in [1.82, 2.24) is 5.32 Å². The van der Waals surface area contributed by atoms with Crippen molar-refractivity contribution >= 4 is 35.6 Å². The minimum Gasteiger partial charge on any atom is -0.377 e. The minimum atomic E-state index is 0. The van der Waals surface area contributed by atoms with Gasteiger partial charge >= 0.3 is 0 Å². The lowest BCUT2D eigenvalue weighted by atomic mass is 10.2. The molecule has 0 aromatic heterocycles. The van der Waals surface area contributed by atoms with Gasteiger partial charge in [-0.15, -0.1) is 12.4 Å². The van der Waals surface area contributed by atoms with Crippen molar-refractivity contribution in [1.29, 1.82) is 0 Å². The molecule has 0 bridgehead atoms. The second-order valence-corrected chi connectivity index (χ2v) is 4.78. The molecule has 1 unspecified atom stereocenters. The zero-order chi connectivity index (χ0) is 11.4. The van der Waals surface area contributed by atoms with Gasteiger partial charge in [-0.25, -0.2) is 0 Å². The largest absolute Gasteiger partial charge is 0.377 e. The Labute approximate surface area is 118 Å². The van der Waals surface area contributed by atoms with Gasteiger partial charge in [0.1, 0.15) is 0 Å². The Morgan fingerprint density at radius 2 is 2.00 bits per heavy atom. The Balaban J connectivity index is 0.00000144. The normalized spacial score (nSPS) is 19.1. The van der Waals surface area contributed by atoms with Gasteiger partial charge in [-0.1, -0.05) is 29.3 Å². The third-order valence-corrected chi connectivity index (χ3v) is 3.47. The molecule has 1 aliphatic heterocycles. The van der Waals surface area contributed by atoms with Crippen molar-refractivity contribution in [3.8, 4) is 0 Å². The maximum atomic E-state index is 6.07. The molecule has 2 nitrogen and oxygen atoms in total. The van der Waals surface area contributed by atoms with Crippen LogP contribution in [0.2, 0.25) is 10.0 Å². The average Bonchev–Trinajstić information content (AvgIpc) is 2.75. The van der Waals surface area contributed by atoms with Crippen molar-refractivity contribution in [3.05, 3.63) is 33.8 Å². The second kappa shape index (κ2) is 7.45. The molecule has 96 valence electrons. The summed E-state index contributed by atoms with van der Waals surface area (Å²) in [6.07, 6.45) is 2.66. The molecule has 1 N–H and O–H groups in total. The highest BCUT2D eigenvalue weighted by atomic mass is 35.5. The van der Waals surface area contributed by atoms with Crippen molar-refractivity contribution in [3.63, 3.8) is 0 Å². The van der Waals surface area contributed by atoms with Crippen LogP contribution in [-0.4, -0.2) is 19.3 Å². The maximum Gasteiger partial charge on any atom is 0.0700 e. The van der Waals surface area contributed by atoms with E-state index in [1.54, 1.807) is 0 Å². The van der Waals surface area contributed by atoms with E-state index in [2.05, 4.69) is 5.32 Å². The summed E-state index contributed by atoms with van der Waals surface area (Å²) in [7, 11) is 0. The quantitative estimate of drug-likeness (QED) is 0.915. The van der Waals surface area contributed by atoms with Crippen LogP contribution in [0.3, 0.4) is 0 Å². The molecule has 1 heterocycles. The first kappa shape index (κ1) is 15.1. The van der Waals surface area contributed by atoms with E-state index in [1.807, 2.05) is 18.2 Å². The van der Waals surface area contributed by atoms with E-state index >= 15 is 0 Å². The van der Waals surface area contributed by atoms with Crippen molar-refractivity contribution in [2.24, 2.45) is 0 Å². The van der Waals surface area contributed by atoms with Gasteiger partial charge in [0.05, 0.1) is 6.10 Å². The number of benzene rings is 1. The van der Waals surface area contributed by atoms with Crippen LogP contribution in [0.25, 0.3) is 0 Å². The highest BCUT2D eigenvalue weighted by Crippen LogP contribution is 2.23. The van der Waals surface area contributed by atoms with Gasteiger partial charge in [0, 0.05) is 35.3 Å². The summed E-state index contributed by atoms with van der Waals surface area (Å²) in [4.78, 5) is 0. The SMILES string of the molecule is Cl.Clc1cccc(Cl)c1CNCC1CCCO1. The molecule has 1 aromatic rings. The third-order valence-electron chi connectivity index (χ3n) is 2.76. The predicted molar refractivity (Wildman–Crippen MR) is 74.4 cm³/mol. The smallest absolute Gasteiger partial charge is 0.0700 e. The lowest BCUT2D eigenvalue weighted by Crippen LogP contribution is -2.26. The minimum absolute atomic E-state index is 0. The molecule has 1 fully saturated rings. The summed E-state index contributed by atoms with van der Waals surface area (Å²) in [6.45, 7) is 2.44. The van der Waals surface area contributed by atoms with Gasteiger partial charge < -0.3 is 10.1 Å². The molecule has 0 saturated carbocycles. The zero-order valence-corrected chi connectivity index (χ0v) is 11.7. The summed E-state index contributed by atoms with van der Waals surface area (Å²) in [6, 6.07) is 5.57. The van der Waals surface area contributed by atoms with Gasteiger partial charge in [-0.2, -0.15) is 0 Å². The molecule has 1 aliphatic rings. The molecule has 2 rings (SSSR count). The van der Waals surface area contributed by atoms with Gasteiger partial charge in [0.25, 0.3) is 0 Å². The first-order valence-corrected chi connectivity index (χ1v) is 6.28. The molecule has 0 aliphatic carbocycles. The molecule has 0 amide bonds. The Hall–Kier alpha value is 0.01000. The Morgan fingerprint density at radius 1 is 1.29 bits per heavy atom. The number of hydrogen-bond acceptors (Lipinski definition) is 2. The van der Waals surface area contributed by atoms with Crippen molar-refractivity contribution in [2.45, 2.75) is 25.5 Å². The predicted octanol–water partition coefficient (Wildman–Crippen LogP) is 3.68. The van der Waals surface area contributed by atoms with Gasteiger partial charge in [0.15, 0.2) is 0 Å². The summed E-state index contributed by atoms with van der Waals surface area (Å²) >= 11 is 12.1. The van der Waals surface area contributed by atoms with Crippen LogP contribution in [0.1, 0.15) is 18.4 Å². The van der Waals surface area contributed by atoms with Crippen LogP contribution in [0.15, 0.2) is 18.2 Å². The number of rotatable bonds is 4. The highest BCUT2D eigenvalue weighted by Gasteiger charge is 2.15. The molecule has 1 atom stereocenters. The molecular weight excluding hydrogens is 280 g/mol. The van der Waals surface area contributed by atoms with E-state index in [0.717, 1.165) is 25.1 Å². The summed E-state index contributed by atoms with van der Waals surface area (Å²) in [5.41, 5.74) is 0.962. The highest BCUT2D eigenvalue weighted by molar-refractivity contribution is 6.35. The van der Waals surface area contributed by atoms with E-state index in [9.17, 15) is 0 Å². The van der Waals surface area contributed by atoms with Crippen LogP contribution in [0.4, 0.5) is 0 Å². The fraction of sp³-hybridized carbons (Fsp3) is 0.500. The Morgan fingerprint density at radius 3 is 2.59 bits per heavy atom. The molecule has 5 heteroatoms. The van der Waals surface area contributed by atoms with Gasteiger partial charge in [-0.05, 0) is 25.0 Å². The van der Waals surface area contributed by atoms with Gasteiger partial charge in [0.2, 0.25) is 0 Å². The third kappa shape index (κ3) is 4.31. The number of hydrogen-bond donors (Lipinski definition) is 1. The van der Waals surface area contributed by atoms with Crippen LogP contribution >= 0.6 is 35.6 Å². The average molecular weight is 297 g/mol. The topological polar surface area (TPSA) is 21.3 Å². The van der Waals surface area contributed by atoms with E-state index in [0.29, 0.717) is 22.7 Å². The molecule has 0 radical (unpaired) electrons. The van der Waals surface area contributed by atoms with Gasteiger partial charge in [-0.3, -0.25) is 0 Å². The molecule has 0 spiro atoms. The fourth-order valence-electron chi connectivity index (χ4n) is 1.86. The van der Waals surface area contributed by atoms with E-state index in [4.69, 9.17) is 27.9 Å². The summed E-state index contributed by atoms with van der Waals surface area (Å²) < 4.78 is 5.52. The first-order chi connectivity index (χ1) is 7.77. The maximum absolute atomic E-state index is 6.07. The first-order valence-electron chi connectivity index (χ1n) is 5.52. The standard InChI is InChI=1S/C12H15Cl2NO.ClH/c13-11-4-1-5-12(14)10(11)8-15-7-9-3-2-6-16-9;/h1,4-5,9,15H,2-3,6-8H2;1H. The zero-order valence-electron chi connectivity index (χ0n) is 9.42. The van der Waals surface area contributed by atoms with Crippen LogP contribution in [0, 0.1) is 0 Å². The van der Waals surface area contributed by atoms with Crippen molar-refractivity contribution in [2.75, 3.05) is 13.2 Å². The monoisotopic (exact) mass is 295 g/mol. The van der Waals surface area contributed by atoms with Crippen LogP contribution in [0.5, 0.6) is 0 Å². The summed E-state index contributed by atoms with van der Waals surface area (Å²) in [5, 5.41) is 4.76. The molecular formula is C12H16Cl3NO.